The summed E-state index contributed by atoms with van der Waals surface area (Å²) >= 11 is 0. The van der Waals surface area contributed by atoms with Crippen molar-refractivity contribution in [3.8, 4) is 0 Å². The van der Waals surface area contributed by atoms with E-state index in [0.29, 0.717) is 23.3 Å². The summed E-state index contributed by atoms with van der Waals surface area (Å²) in [6.07, 6.45) is 12.8. The predicted molar refractivity (Wildman–Crippen MR) is 139 cm³/mol. The van der Waals surface area contributed by atoms with Gasteiger partial charge >= 0.3 is 0 Å². The second kappa shape index (κ2) is 8.79. The minimum Gasteiger partial charge on any atom is -0.355 e. The highest BCUT2D eigenvalue weighted by atomic mass is 32.2. The Labute approximate surface area is 215 Å². The lowest BCUT2D eigenvalue weighted by Gasteiger charge is -2.38. The van der Waals surface area contributed by atoms with Gasteiger partial charge in [-0.1, -0.05) is 19.1 Å². The summed E-state index contributed by atoms with van der Waals surface area (Å²) in [5, 5.41) is 8.95. The fraction of sp³-hybridized carbons (Fsp3) is 0.741. The molecule has 0 atom stereocenters. The van der Waals surface area contributed by atoms with Crippen molar-refractivity contribution >= 4 is 15.8 Å². The van der Waals surface area contributed by atoms with Crippen LogP contribution in [0.25, 0.3) is 0 Å². The highest BCUT2D eigenvalue weighted by Crippen LogP contribution is 2.65. The molecule has 196 valence electrons. The minimum absolute atomic E-state index is 0.0669. The second-order valence-electron chi connectivity index (χ2n) is 12.3. The van der Waals surface area contributed by atoms with E-state index in [2.05, 4.69) is 43.4 Å². The average Bonchev–Trinajstić information content (AvgIpc) is 3.50. The van der Waals surface area contributed by atoms with E-state index in [1.54, 1.807) is 12.3 Å². The van der Waals surface area contributed by atoms with E-state index in [9.17, 15) is 8.42 Å². The Bertz CT molecular complexity index is 1240. The summed E-state index contributed by atoms with van der Waals surface area (Å²) in [7, 11) is -3.68. The molecule has 0 unspecified atom stereocenters. The maximum Gasteiger partial charge on any atom is 0.244 e. The molecule has 4 aliphatic rings. The van der Waals surface area contributed by atoms with E-state index >= 15 is 0 Å². The van der Waals surface area contributed by atoms with Gasteiger partial charge in [0.25, 0.3) is 0 Å². The number of hydrogen-bond donors (Lipinski definition) is 1. The van der Waals surface area contributed by atoms with Gasteiger partial charge in [0.2, 0.25) is 10.0 Å². The predicted octanol–water partition coefficient (Wildman–Crippen LogP) is 4.20. The highest BCUT2D eigenvalue weighted by molar-refractivity contribution is 7.89. The van der Waals surface area contributed by atoms with E-state index in [4.69, 9.17) is 0 Å². The Morgan fingerprint density at radius 3 is 2.50 bits per heavy atom. The zero-order valence-corrected chi connectivity index (χ0v) is 22.8. The molecule has 0 spiro atoms. The molecule has 36 heavy (non-hydrogen) atoms. The number of sulfonamides is 1. The molecule has 8 nitrogen and oxygen atoms in total. The summed E-state index contributed by atoms with van der Waals surface area (Å²) in [5.74, 6) is 1.30. The van der Waals surface area contributed by atoms with Crippen molar-refractivity contribution in [3.63, 3.8) is 0 Å². The zero-order chi connectivity index (χ0) is 25.1. The van der Waals surface area contributed by atoms with Gasteiger partial charge in [0, 0.05) is 25.8 Å². The third kappa shape index (κ3) is 3.88. The van der Waals surface area contributed by atoms with E-state index in [1.165, 1.54) is 37.1 Å². The summed E-state index contributed by atoms with van der Waals surface area (Å²) in [6.45, 7) is 8.62. The van der Waals surface area contributed by atoms with E-state index in [1.807, 2.05) is 6.92 Å². The van der Waals surface area contributed by atoms with Crippen molar-refractivity contribution in [1.82, 2.24) is 24.7 Å². The Hall–Kier alpha value is -2.00. The van der Waals surface area contributed by atoms with Crippen LogP contribution in [0.3, 0.4) is 0 Å². The first-order valence-electron chi connectivity index (χ1n) is 13.8. The summed E-state index contributed by atoms with van der Waals surface area (Å²) in [5.41, 5.74) is 3.60. The number of nitrogens with zero attached hydrogens (tertiary/aromatic N) is 5. The number of nitrogens with one attached hydrogen (secondary N) is 1. The van der Waals surface area contributed by atoms with Gasteiger partial charge in [0.05, 0.1) is 17.4 Å². The van der Waals surface area contributed by atoms with Crippen LogP contribution in [0.5, 0.6) is 0 Å². The standard InChI is InChI=1S/C27H40N6O2S/c1-19-16-24(36(34,35)29-18-27-12-8-20(9-13-27)26(27,2)3)25(28-17-19)32-14-10-21(11-15-32)33-23-7-5-4-6-22(23)30-31-33/h16-17,20-21,29H,4-15,18H2,1-3H3. The third-order valence-corrected chi connectivity index (χ3v) is 11.7. The molecule has 1 aliphatic heterocycles. The lowest BCUT2D eigenvalue weighted by atomic mass is 9.69. The van der Waals surface area contributed by atoms with Gasteiger partial charge in [0.15, 0.2) is 0 Å². The maximum absolute atomic E-state index is 13.7. The van der Waals surface area contributed by atoms with Crippen LogP contribution < -0.4 is 9.62 Å². The molecule has 0 aromatic carbocycles. The molecule has 2 bridgehead atoms. The van der Waals surface area contributed by atoms with E-state index in [0.717, 1.165) is 63.1 Å². The number of aryl methyl sites for hydroxylation is 2. The third-order valence-electron chi connectivity index (χ3n) is 10.2. The lowest BCUT2D eigenvalue weighted by Crippen LogP contribution is -2.43. The lowest BCUT2D eigenvalue weighted by molar-refractivity contribution is 0.133. The number of aromatic nitrogens is 4. The molecule has 9 heteroatoms. The molecule has 3 heterocycles. The van der Waals surface area contributed by atoms with Crippen LogP contribution in [0.1, 0.15) is 88.2 Å². The number of pyridine rings is 1. The number of hydrogen-bond acceptors (Lipinski definition) is 6. The van der Waals surface area contributed by atoms with E-state index < -0.39 is 10.0 Å². The van der Waals surface area contributed by atoms with Crippen molar-refractivity contribution in [3.05, 3.63) is 29.2 Å². The molecule has 0 radical (unpaired) electrons. The number of piperidine rings is 1. The summed E-state index contributed by atoms with van der Waals surface area (Å²) in [6, 6.07) is 2.11. The van der Waals surface area contributed by atoms with Crippen LogP contribution >= 0.6 is 0 Å². The normalized spacial score (nSPS) is 28.0. The molecule has 2 saturated carbocycles. The van der Waals surface area contributed by atoms with Crippen LogP contribution in [0, 0.1) is 23.7 Å². The van der Waals surface area contributed by atoms with Crippen molar-refractivity contribution < 1.29 is 8.42 Å². The molecule has 1 N–H and O–H groups in total. The van der Waals surface area contributed by atoms with Gasteiger partial charge in [-0.25, -0.2) is 22.8 Å². The first-order chi connectivity index (χ1) is 17.2. The SMILES string of the molecule is Cc1cnc(N2CCC(n3nnc4c3CCCC4)CC2)c(S(=O)(=O)NCC23CCC(CC2)C3(C)C)c1. The average molecular weight is 513 g/mol. The molecular formula is C27H40N6O2S. The molecule has 2 aromatic heterocycles. The second-order valence-corrected chi connectivity index (χ2v) is 14.0. The Kier molecular flexibility index (Phi) is 5.94. The maximum atomic E-state index is 13.7. The van der Waals surface area contributed by atoms with Gasteiger partial charge in [0.1, 0.15) is 10.7 Å². The van der Waals surface area contributed by atoms with Crippen molar-refractivity contribution in [2.24, 2.45) is 16.7 Å². The Morgan fingerprint density at radius 2 is 1.81 bits per heavy atom. The number of fused-ring (bicyclic) bond motifs is 3. The molecule has 0 amide bonds. The van der Waals surface area contributed by atoms with Crippen LogP contribution in [0.15, 0.2) is 17.2 Å². The monoisotopic (exact) mass is 512 g/mol. The number of anilines is 1. The first-order valence-corrected chi connectivity index (χ1v) is 15.3. The van der Waals surface area contributed by atoms with Gasteiger partial charge in [-0.15, -0.1) is 5.10 Å². The Balaban J connectivity index is 1.19. The van der Waals surface area contributed by atoms with Gasteiger partial charge in [-0.05, 0) is 99.5 Å². The molecule has 1 saturated heterocycles. The van der Waals surface area contributed by atoms with Crippen molar-refractivity contribution in [1.29, 1.82) is 0 Å². The van der Waals surface area contributed by atoms with Crippen LogP contribution in [-0.4, -0.2) is 48.0 Å². The summed E-state index contributed by atoms with van der Waals surface area (Å²) in [4.78, 5) is 7.12. The van der Waals surface area contributed by atoms with E-state index in [-0.39, 0.29) is 10.8 Å². The quantitative estimate of drug-likeness (QED) is 0.624. The van der Waals surface area contributed by atoms with Crippen molar-refractivity contribution in [2.45, 2.75) is 95.9 Å². The molecule has 3 aliphatic carbocycles. The van der Waals surface area contributed by atoms with Crippen LogP contribution in [0.2, 0.25) is 0 Å². The largest absolute Gasteiger partial charge is 0.355 e. The van der Waals surface area contributed by atoms with Gasteiger partial charge < -0.3 is 4.90 Å². The number of rotatable bonds is 6. The molecule has 3 fully saturated rings. The zero-order valence-electron chi connectivity index (χ0n) is 22.0. The first kappa shape index (κ1) is 24.3. The molecule has 2 aromatic rings. The van der Waals surface area contributed by atoms with Crippen molar-refractivity contribution in [2.75, 3.05) is 24.5 Å². The minimum atomic E-state index is -3.68. The van der Waals surface area contributed by atoms with Gasteiger partial charge in [-0.3, -0.25) is 0 Å². The smallest absolute Gasteiger partial charge is 0.244 e. The fourth-order valence-electron chi connectivity index (χ4n) is 7.66. The Morgan fingerprint density at radius 1 is 1.08 bits per heavy atom. The fourth-order valence-corrected chi connectivity index (χ4v) is 9.04. The van der Waals surface area contributed by atoms with Crippen LogP contribution in [-0.2, 0) is 22.9 Å². The summed E-state index contributed by atoms with van der Waals surface area (Å²) < 4.78 is 32.6. The van der Waals surface area contributed by atoms with Crippen LogP contribution in [0.4, 0.5) is 5.82 Å². The highest BCUT2D eigenvalue weighted by Gasteiger charge is 2.58. The topological polar surface area (TPSA) is 93.0 Å². The van der Waals surface area contributed by atoms with Gasteiger partial charge in [-0.2, -0.15) is 0 Å². The molecular weight excluding hydrogens is 472 g/mol. The molecule has 6 rings (SSSR count).